The predicted molar refractivity (Wildman–Crippen MR) is 127 cm³/mol. The van der Waals surface area contributed by atoms with Gasteiger partial charge < -0.3 is 19.5 Å². The van der Waals surface area contributed by atoms with Gasteiger partial charge in [0.05, 0.1) is 11.1 Å². The van der Waals surface area contributed by atoms with Gasteiger partial charge in [-0.1, -0.05) is 42.5 Å². The maximum atomic E-state index is 12.6. The Labute approximate surface area is 198 Å². The summed E-state index contributed by atoms with van der Waals surface area (Å²) in [5, 5.41) is 2.69. The highest BCUT2D eigenvalue weighted by atomic mass is 16.6. The van der Waals surface area contributed by atoms with Crippen LogP contribution < -0.4 is 14.8 Å². The monoisotopic (exact) mass is 461 g/mol. The lowest BCUT2D eigenvalue weighted by Gasteiger charge is -2.19. The molecule has 34 heavy (non-hydrogen) atoms. The Hall–Kier alpha value is -4.13. The van der Waals surface area contributed by atoms with Gasteiger partial charge in [0, 0.05) is 6.54 Å². The first-order valence-electron chi connectivity index (χ1n) is 10.9. The fourth-order valence-corrected chi connectivity index (χ4v) is 2.96. The minimum Gasteiger partial charge on any atom is -0.444 e. The molecule has 0 spiro atoms. The van der Waals surface area contributed by atoms with Crippen molar-refractivity contribution >= 4 is 18.0 Å². The third kappa shape index (κ3) is 7.48. The van der Waals surface area contributed by atoms with Crippen molar-refractivity contribution in [3.8, 4) is 11.5 Å². The molecule has 0 aliphatic carbocycles. The Kier molecular flexibility index (Phi) is 8.03. The zero-order valence-corrected chi connectivity index (χ0v) is 19.4. The largest absolute Gasteiger partial charge is 0.444 e. The summed E-state index contributed by atoms with van der Waals surface area (Å²) >= 11 is 0. The zero-order valence-electron chi connectivity index (χ0n) is 19.4. The van der Waals surface area contributed by atoms with Crippen LogP contribution in [0.4, 0.5) is 4.79 Å². The predicted octanol–water partition coefficient (Wildman–Crippen LogP) is 5.19. The first kappa shape index (κ1) is 24.5. The van der Waals surface area contributed by atoms with Gasteiger partial charge in [-0.2, -0.15) is 0 Å². The molecule has 0 aromatic heterocycles. The van der Waals surface area contributed by atoms with Gasteiger partial charge in [-0.05, 0) is 69.2 Å². The van der Waals surface area contributed by atoms with Crippen LogP contribution in [0.25, 0.3) is 0 Å². The Morgan fingerprint density at radius 3 is 1.79 bits per heavy atom. The maximum Gasteiger partial charge on any atom is 0.407 e. The van der Waals surface area contributed by atoms with Crippen molar-refractivity contribution in [2.75, 3.05) is 6.54 Å². The van der Waals surface area contributed by atoms with Crippen LogP contribution in [0.1, 0.15) is 47.1 Å². The number of rotatable bonds is 7. The van der Waals surface area contributed by atoms with Gasteiger partial charge in [-0.15, -0.1) is 0 Å². The first-order valence-corrected chi connectivity index (χ1v) is 10.9. The maximum absolute atomic E-state index is 12.6. The average molecular weight is 462 g/mol. The third-order valence-corrected chi connectivity index (χ3v) is 4.51. The van der Waals surface area contributed by atoms with Crippen LogP contribution in [0.5, 0.6) is 11.5 Å². The number of esters is 2. The molecule has 0 atom stereocenters. The van der Waals surface area contributed by atoms with Crippen LogP contribution >= 0.6 is 0 Å². The highest BCUT2D eigenvalue weighted by Gasteiger charge is 2.18. The van der Waals surface area contributed by atoms with Crippen LogP contribution in [0, 0.1) is 0 Å². The number of nitrogens with one attached hydrogen (secondary N) is 1. The van der Waals surface area contributed by atoms with Gasteiger partial charge in [-0.25, -0.2) is 14.4 Å². The van der Waals surface area contributed by atoms with Crippen LogP contribution in [0.3, 0.4) is 0 Å². The molecule has 3 rings (SSSR count). The second-order valence-electron chi connectivity index (χ2n) is 8.47. The first-order chi connectivity index (χ1) is 16.2. The molecule has 3 aromatic rings. The van der Waals surface area contributed by atoms with E-state index in [4.69, 9.17) is 14.2 Å². The quantitative estimate of drug-likeness (QED) is 0.385. The SMILES string of the molecule is CC(C)(C)OC(=O)NCCc1ccc(OC(=O)c2ccccc2)c(OC(=O)c2ccccc2)c1. The van der Waals surface area contributed by atoms with Crippen LogP contribution in [0.15, 0.2) is 78.9 Å². The van der Waals surface area contributed by atoms with E-state index in [1.807, 2.05) is 0 Å². The minimum atomic E-state index is -0.590. The molecule has 0 aliphatic heterocycles. The fraction of sp³-hybridized carbons (Fsp3) is 0.222. The number of ether oxygens (including phenoxy) is 3. The van der Waals surface area contributed by atoms with Gasteiger partial charge in [0.2, 0.25) is 0 Å². The Morgan fingerprint density at radius 2 is 1.26 bits per heavy atom. The van der Waals surface area contributed by atoms with Gasteiger partial charge in [0.1, 0.15) is 5.60 Å². The van der Waals surface area contributed by atoms with Crippen molar-refractivity contribution in [3.05, 3.63) is 95.6 Å². The lowest BCUT2D eigenvalue weighted by Crippen LogP contribution is -2.33. The molecule has 0 saturated heterocycles. The molecule has 1 amide bonds. The molecule has 7 nitrogen and oxygen atoms in total. The lowest BCUT2D eigenvalue weighted by molar-refractivity contribution is 0.0527. The number of alkyl carbamates (subject to hydrolysis) is 1. The summed E-state index contributed by atoms with van der Waals surface area (Å²) in [4.78, 5) is 37.0. The number of hydrogen-bond acceptors (Lipinski definition) is 6. The van der Waals surface area contributed by atoms with Gasteiger partial charge >= 0.3 is 18.0 Å². The van der Waals surface area contributed by atoms with Gasteiger partial charge in [-0.3, -0.25) is 0 Å². The number of amides is 1. The summed E-state index contributed by atoms with van der Waals surface area (Å²) < 4.78 is 16.3. The smallest absolute Gasteiger partial charge is 0.407 e. The van der Waals surface area contributed by atoms with E-state index in [1.54, 1.807) is 99.6 Å². The van der Waals surface area contributed by atoms with Crippen molar-refractivity contribution in [1.29, 1.82) is 0 Å². The Bertz CT molecular complexity index is 1140. The van der Waals surface area contributed by atoms with Crippen LogP contribution in [0.2, 0.25) is 0 Å². The lowest BCUT2D eigenvalue weighted by atomic mass is 10.1. The van der Waals surface area contributed by atoms with Crippen molar-refractivity contribution in [3.63, 3.8) is 0 Å². The molecular formula is C27H27NO6. The molecular weight excluding hydrogens is 434 g/mol. The summed E-state index contributed by atoms with van der Waals surface area (Å²) in [6, 6.07) is 22.0. The number of benzene rings is 3. The Balaban J connectivity index is 1.76. The van der Waals surface area contributed by atoms with Crippen molar-refractivity contribution in [2.45, 2.75) is 32.8 Å². The third-order valence-electron chi connectivity index (χ3n) is 4.51. The van der Waals surface area contributed by atoms with Crippen molar-refractivity contribution in [2.24, 2.45) is 0 Å². The van der Waals surface area contributed by atoms with E-state index in [0.717, 1.165) is 5.56 Å². The molecule has 7 heteroatoms. The molecule has 3 aromatic carbocycles. The van der Waals surface area contributed by atoms with Gasteiger partial charge in [0.25, 0.3) is 0 Å². The topological polar surface area (TPSA) is 90.9 Å². The standard InChI is InChI=1S/C27H27NO6/c1-27(2,3)34-26(31)28-17-16-19-14-15-22(32-24(29)20-10-6-4-7-11-20)23(18-19)33-25(30)21-12-8-5-9-13-21/h4-15,18H,16-17H2,1-3H3,(H,28,31). The second kappa shape index (κ2) is 11.1. The summed E-state index contributed by atoms with van der Waals surface area (Å²) in [7, 11) is 0. The number of hydrogen-bond donors (Lipinski definition) is 1. The van der Waals surface area contributed by atoms with Crippen LogP contribution in [-0.4, -0.2) is 30.2 Å². The molecule has 0 aliphatic rings. The summed E-state index contributed by atoms with van der Waals surface area (Å²) in [5.41, 5.74) is 0.910. The minimum absolute atomic E-state index is 0.105. The molecule has 0 bridgehead atoms. The number of carbonyl (C=O) groups is 3. The average Bonchev–Trinajstić information content (AvgIpc) is 2.80. The second-order valence-corrected chi connectivity index (χ2v) is 8.47. The zero-order chi connectivity index (χ0) is 24.6. The highest BCUT2D eigenvalue weighted by Crippen LogP contribution is 2.30. The van der Waals surface area contributed by atoms with E-state index in [0.29, 0.717) is 24.1 Å². The van der Waals surface area contributed by atoms with Gasteiger partial charge in [0.15, 0.2) is 11.5 Å². The van der Waals surface area contributed by atoms with Crippen LogP contribution in [-0.2, 0) is 11.2 Å². The molecule has 0 radical (unpaired) electrons. The van der Waals surface area contributed by atoms with E-state index in [-0.39, 0.29) is 11.5 Å². The molecule has 0 unspecified atom stereocenters. The summed E-state index contributed by atoms with van der Waals surface area (Å²) in [6.07, 6.45) is -0.0705. The van der Waals surface area contributed by atoms with E-state index in [1.165, 1.54) is 0 Å². The fourth-order valence-electron chi connectivity index (χ4n) is 2.96. The van der Waals surface area contributed by atoms with E-state index in [2.05, 4.69) is 5.32 Å². The van der Waals surface area contributed by atoms with E-state index >= 15 is 0 Å². The Morgan fingerprint density at radius 1 is 0.735 bits per heavy atom. The highest BCUT2D eigenvalue weighted by molar-refractivity contribution is 5.93. The normalized spacial score (nSPS) is 10.8. The molecule has 0 saturated carbocycles. The summed E-state index contributed by atoms with van der Waals surface area (Å²) in [6.45, 7) is 5.67. The van der Waals surface area contributed by atoms with Crippen molar-refractivity contribution in [1.82, 2.24) is 5.32 Å². The van der Waals surface area contributed by atoms with E-state index in [9.17, 15) is 14.4 Å². The van der Waals surface area contributed by atoms with Crippen molar-refractivity contribution < 1.29 is 28.6 Å². The number of carbonyl (C=O) groups excluding carboxylic acids is 3. The summed E-state index contributed by atoms with van der Waals surface area (Å²) in [5.74, 6) is -0.937. The van der Waals surface area contributed by atoms with E-state index < -0.39 is 23.6 Å². The molecule has 0 fully saturated rings. The molecule has 0 heterocycles. The molecule has 176 valence electrons. The molecule has 1 N–H and O–H groups in total.